The van der Waals surface area contributed by atoms with Gasteiger partial charge in [0.15, 0.2) is 5.12 Å². The fourth-order valence-electron chi connectivity index (χ4n) is 1.61. The average molecular weight is 262 g/mol. The number of benzene rings is 1. The van der Waals surface area contributed by atoms with Crippen LogP contribution in [0.3, 0.4) is 0 Å². The van der Waals surface area contributed by atoms with Crippen LogP contribution in [-0.4, -0.2) is 5.12 Å². The van der Waals surface area contributed by atoms with Gasteiger partial charge >= 0.3 is 0 Å². The summed E-state index contributed by atoms with van der Waals surface area (Å²) >= 11 is 1.41. The number of hydrogen-bond acceptors (Lipinski definition) is 2. The summed E-state index contributed by atoms with van der Waals surface area (Å²) in [4.78, 5) is 11.6. The van der Waals surface area contributed by atoms with Crippen molar-refractivity contribution in [3.63, 3.8) is 0 Å². The molecule has 98 valence electrons. The first-order chi connectivity index (χ1) is 8.83. The quantitative estimate of drug-likeness (QED) is 0.486. The number of carbonyl (C=O) groups is 1. The molecule has 0 radical (unpaired) electrons. The molecular formula is C16H22OS. The molecule has 0 atom stereocenters. The zero-order chi connectivity index (χ0) is 13.1. The van der Waals surface area contributed by atoms with E-state index in [0.717, 1.165) is 12.2 Å². The maximum absolute atomic E-state index is 11.6. The van der Waals surface area contributed by atoms with Gasteiger partial charge < -0.3 is 0 Å². The van der Waals surface area contributed by atoms with Crippen LogP contribution in [0.2, 0.25) is 0 Å². The minimum Gasteiger partial charge on any atom is -0.287 e. The van der Waals surface area contributed by atoms with Gasteiger partial charge in [-0.1, -0.05) is 74.0 Å². The smallest absolute Gasteiger partial charge is 0.193 e. The molecule has 0 aliphatic rings. The topological polar surface area (TPSA) is 17.1 Å². The number of carbonyl (C=O) groups excluding carboxylic acids is 1. The first kappa shape index (κ1) is 15.0. The lowest BCUT2D eigenvalue weighted by molar-refractivity contribution is -0.110. The third-order valence-electron chi connectivity index (χ3n) is 2.67. The number of unbranched alkanes of at least 4 members (excludes halogenated alkanes) is 3. The lowest BCUT2D eigenvalue weighted by atomic mass is 10.2. The number of allylic oxidation sites excluding steroid dienone is 2. The van der Waals surface area contributed by atoms with E-state index in [2.05, 4.69) is 25.1 Å². The Morgan fingerprint density at radius 2 is 1.94 bits per heavy atom. The molecule has 0 fully saturated rings. The van der Waals surface area contributed by atoms with Crippen LogP contribution < -0.4 is 0 Å². The fourth-order valence-corrected chi connectivity index (χ4v) is 2.34. The molecule has 0 spiro atoms. The van der Waals surface area contributed by atoms with Crippen molar-refractivity contribution in [1.82, 2.24) is 0 Å². The molecule has 0 aliphatic heterocycles. The third-order valence-corrected chi connectivity index (χ3v) is 3.63. The van der Waals surface area contributed by atoms with Crippen LogP contribution in [0.25, 0.3) is 0 Å². The van der Waals surface area contributed by atoms with Crippen LogP contribution >= 0.6 is 11.8 Å². The largest absolute Gasteiger partial charge is 0.287 e. The lowest BCUT2D eigenvalue weighted by Gasteiger charge is -1.98. The second kappa shape index (κ2) is 9.95. The Morgan fingerprint density at radius 3 is 2.67 bits per heavy atom. The molecule has 0 N–H and O–H groups in total. The summed E-state index contributed by atoms with van der Waals surface area (Å²) in [6.45, 7) is 2.20. The van der Waals surface area contributed by atoms with E-state index in [1.165, 1.54) is 36.6 Å². The van der Waals surface area contributed by atoms with Gasteiger partial charge in [-0.05, 0) is 18.4 Å². The number of hydrogen-bond donors (Lipinski definition) is 0. The van der Waals surface area contributed by atoms with Crippen molar-refractivity contribution in [1.29, 1.82) is 0 Å². The Morgan fingerprint density at radius 1 is 1.17 bits per heavy atom. The van der Waals surface area contributed by atoms with E-state index >= 15 is 0 Å². The maximum atomic E-state index is 11.6. The summed E-state index contributed by atoms with van der Waals surface area (Å²) in [5.74, 6) is 0.781. The van der Waals surface area contributed by atoms with Crippen molar-refractivity contribution in [3.8, 4) is 0 Å². The van der Waals surface area contributed by atoms with E-state index < -0.39 is 0 Å². The number of rotatable bonds is 8. The van der Waals surface area contributed by atoms with Gasteiger partial charge in [-0.2, -0.15) is 0 Å². The highest BCUT2D eigenvalue weighted by atomic mass is 32.2. The molecule has 1 rings (SSSR count). The van der Waals surface area contributed by atoms with Crippen molar-refractivity contribution in [2.75, 3.05) is 0 Å². The van der Waals surface area contributed by atoms with E-state index in [-0.39, 0.29) is 5.12 Å². The van der Waals surface area contributed by atoms with Gasteiger partial charge in [0.25, 0.3) is 0 Å². The normalized spacial score (nSPS) is 10.9. The van der Waals surface area contributed by atoms with Gasteiger partial charge in [0, 0.05) is 12.2 Å². The van der Waals surface area contributed by atoms with E-state index in [9.17, 15) is 4.79 Å². The van der Waals surface area contributed by atoms with Gasteiger partial charge in [0.1, 0.15) is 0 Å². The van der Waals surface area contributed by atoms with Gasteiger partial charge in [-0.3, -0.25) is 4.79 Å². The van der Waals surface area contributed by atoms with Crippen molar-refractivity contribution in [3.05, 3.63) is 48.0 Å². The molecular weight excluding hydrogens is 240 g/mol. The standard InChI is InChI=1S/C16H22OS/c1-2-3-4-5-6-10-13-16(17)18-14-15-11-8-7-9-12-15/h6-12H,2-5,13-14H2,1H3/b10-6+. The van der Waals surface area contributed by atoms with Crippen LogP contribution in [-0.2, 0) is 10.5 Å². The Hall–Kier alpha value is -1.02. The Labute approximate surface area is 115 Å². The molecule has 0 saturated carbocycles. The van der Waals surface area contributed by atoms with Crippen LogP contribution in [0.15, 0.2) is 42.5 Å². The minimum atomic E-state index is 0.255. The minimum absolute atomic E-state index is 0.255. The SMILES string of the molecule is CCCCC/C=C/CC(=O)SCc1ccccc1. The number of thioether (sulfide) groups is 1. The Balaban J connectivity index is 2.10. The Bertz CT molecular complexity index is 357. The van der Waals surface area contributed by atoms with Crippen molar-refractivity contribution < 1.29 is 4.79 Å². The monoisotopic (exact) mass is 262 g/mol. The molecule has 0 saturated heterocycles. The average Bonchev–Trinajstić information content (AvgIpc) is 2.41. The third kappa shape index (κ3) is 7.33. The second-order valence-corrected chi connectivity index (χ2v) is 5.35. The first-order valence-electron chi connectivity index (χ1n) is 6.67. The summed E-state index contributed by atoms with van der Waals surface area (Å²) in [6, 6.07) is 10.1. The highest BCUT2D eigenvalue weighted by Gasteiger charge is 2.00. The maximum Gasteiger partial charge on any atom is 0.193 e. The molecule has 2 heteroatoms. The summed E-state index contributed by atoms with van der Waals surface area (Å²) in [7, 11) is 0. The van der Waals surface area contributed by atoms with Crippen molar-refractivity contribution in [2.24, 2.45) is 0 Å². The van der Waals surface area contributed by atoms with Crippen molar-refractivity contribution in [2.45, 2.75) is 44.8 Å². The molecule has 0 bridgehead atoms. The lowest BCUT2D eigenvalue weighted by Crippen LogP contribution is -1.90. The summed E-state index contributed by atoms with van der Waals surface area (Å²) in [6.07, 6.45) is 9.57. The van der Waals surface area contributed by atoms with E-state index in [1.807, 2.05) is 24.3 Å². The van der Waals surface area contributed by atoms with Crippen LogP contribution in [0.5, 0.6) is 0 Å². The summed E-state index contributed by atoms with van der Waals surface area (Å²) in [5.41, 5.74) is 1.21. The predicted octanol–water partition coefficient (Wildman–Crippen LogP) is 4.97. The van der Waals surface area contributed by atoms with Gasteiger partial charge in [0.2, 0.25) is 0 Å². The highest BCUT2D eigenvalue weighted by Crippen LogP contribution is 2.14. The molecule has 0 amide bonds. The van der Waals surface area contributed by atoms with Crippen LogP contribution in [0.4, 0.5) is 0 Å². The van der Waals surface area contributed by atoms with E-state index in [1.54, 1.807) is 0 Å². The van der Waals surface area contributed by atoms with E-state index in [0.29, 0.717) is 6.42 Å². The molecule has 0 heterocycles. The molecule has 1 aromatic carbocycles. The highest BCUT2D eigenvalue weighted by molar-refractivity contribution is 8.12. The van der Waals surface area contributed by atoms with E-state index in [4.69, 9.17) is 0 Å². The summed E-state index contributed by atoms with van der Waals surface area (Å²) < 4.78 is 0. The Kier molecular flexibility index (Phi) is 8.32. The molecule has 0 aliphatic carbocycles. The molecule has 1 nitrogen and oxygen atoms in total. The van der Waals surface area contributed by atoms with Gasteiger partial charge in [0.05, 0.1) is 0 Å². The molecule has 18 heavy (non-hydrogen) atoms. The van der Waals surface area contributed by atoms with Crippen molar-refractivity contribution >= 4 is 16.9 Å². The second-order valence-electron chi connectivity index (χ2n) is 4.32. The zero-order valence-electron chi connectivity index (χ0n) is 11.1. The fraction of sp³-hybridized carbons (Fsp3) is 0.438. The molecule has 0 unspecified atom stereocenters. The van der Waals surface area contributed by atoms with Gasteiger partial charge in [-0.15, -0.1) is 0 Å². The predicted molar refractivity (Wildman–Crippen MR) is 80.6 cm³/mol. The van der Waals surface area contributed by atoms with Gasteiger partial charge in [-0.25, -0.2) is 0 Å². The van der Waals surface area contributed by atoms with Crippen LogP contribution in [0, 0.1) is 0 Å². The zero-order valence-corrected chi connectivity index (χ0v) is 11.9. The molecule has 0 aromatic heterocycles. The first-order valence-corrected chi connectivity index (χ1v) is 7.66. The summed E-state index contributed by atoms with van der Waals surface area (Å²) in [5, 5.41) is 0.255. The molecule has 1 aromatic rings. The van der Waals surface area contributed by atoms with Crippen LogP contribution in [0.1, 0.15) is 44.6 Å².